The van der Waals surface area contributed by atoms with Crippen molar-refractivity contribution in [1.82, 2.24) is 0 Å². The Labute approximate surface area is 110 Å². The largest absolute Gasteiger partial charge is 0.470 e. The number of aliphatic hydroxyl groups excluding tert-OH is 4. The third-order valence-electron chi connectivity index (χ3n) is 2.10. The summed E-state index contributed by atoms with van der Waals surface area (Å²) in [6.07, 6.45) is -5.62. The fourth-order valence-corrected chi connectivity index (χ4v) is 1.73. The van der Waals surface area contributed by atoms with E-state index < -0.39 is 45.5 Å². The minimum Gasteiger partial charge on any atom is -0.394 e. The quantitative estimate of drug-likeness (QED) is 0.149. The minimum atomic E-state index is -4.92. The highest BCUT2D eigenvalue weighted by Crippen LogP contribution is 2.38. The summed E-state index contributed by atoms with van der Waals surface area (Å²) in [7, 11) is -4.92. The van der Waals surface area contributed by atoms with Crippen LogP contribution in [0, 0.1) is 0 Å². The maximum absolute atomic E-state index is 10.7. The van der Waals surface area contributed by atoms with Gasteiger partial charge in [-0.05, 0) is 0 Å². The van der Waals surface area contributed by atoms with Gasteiger partial charge in [0, 0.05) is 0 Å². The Morgan fingerprint density at radius 2 is 1.79 bits per heavy atom. The van der Waals surface area contributed by atoms with E-state index in [2.05, 4.69) is 11.1 Å². The predicted octanol–water partition coefficient (Wildman–Crippen LogP) is -2.26. The van der Waals surface area contributed by atoms with Crippen LogP contribution in [-0.2, 0) is 13.8 Å². The van der Waals surface area contributed by atoms with Crippen LogP contribution in [0.15, 0.2) is 12.7 Å². The summed E-state index contributed by atoms with van der Waals surface area (Å²) in [6, 6.07) is 0. The summed E-state index contributed by atoms with van der Waals surface area (Å²) in [4.78, 5) is 17.4. The molecule has 6 N–H and O–H groups in total. The molecule has 0 aliphatic carbocycles. The topological polar surface area (TPSA) is 157 Å². The second-order valence-corrected chi connectivity index (χ2v) is 4.88. The first-order valence-electron chi connectivity index (χ1n) is 5.30. The normalized spacial score (nSPS) is 18.6. The zero-order valence-corrected chi connectivity index (χ0v) is 11.0. The predicted molar refractivity (Wildman–Crippen MR) is 63.0 cm³/mol. The van der Waals surface area contributed by atoms with E-state index in [0.29, 0.717) is 0 Å². The van der Waals surface area contributed by atoms with Crippen molar-refractivity contribution < 1.29 is 44.0 Å². The molecule has 114 valence electrons. The zero-order valence-electron chi connectivity index (χ0n) is 10.1. The van der Waals surface area contributed by atoms with Gasteiger partial charge in [0.15, 0.2) is 0 Å². The standard InChI is InChI=1S/C9H19O9P/c1-2-3-17-5-7(18-19(14,15)16)9(13)8(12)6(11)4-10/h2,6-13H,1,3-5H2,(H2,14,15,16). The van der Waals surface area contributed by atoms with E-state index in [1.54, 1.807) is 0 Å². The van der Waals surface area contributed by atoms with Crippen LogP contribution in [0.1, 0.15) is 0 Å². The summed E-state index contributed by atoms with van der Waals surface area (Å²) in [6.45, 7) is 2.09. The van der Waals surface area contributed by atoms with Gasteiger partial charge in [-0.3, -0.25) is 4.52 Å². The van der Waals surface area contributed by atoms with Crippen LogP contribution in [-0.4, -0.2) is 74.4 Å². The molecule has 0 fully saturated rings. The molecule has 0 spiro atoms. The van der Waals surface area contributed by atoms with Crippen molar-refractivity contribution in [2.75, 3.05) is 19.8 Å². The fourth-order valence-electron chi connectivity index (χ4n) is 1.19. The number of rotatable bonds is 10. The lowest BCUT2D eigenvalue weighted by Crippen LogP contribution is -2.48. The fraction of sp³-hybridized carbons (Fsp3) is 0.778. The minimum absolute atomic E-state index is 0.0341. The molecule has 0 aromatic heterocycles. The van der Waals surface area contributed by atoms with Gasteiger partial charge in [-0.25, -0.2) is 4.57 Å². The molecule has 0 aromatic rings. The third-order valence-corrected chi connectivity index (χ3v) is 2.65. The number of ether oxygens (including phenoxy) is 1. The van der Waals surface area contributed by atoms with Gasteiger partial charge in [0.1, 0.15) is 24.4 Å². The summed E-state index contributed by atoms with van der Waals surface area (Å²) in [5.74, 6) is 0. The molecule has 19 heavy (non-hydrogen) atoms. The number of hydrogen-bond donors (Lipinski definition) is 6. The van der Waals surface area contributed by atoms with E-state index in [-0.39, 0.29) is 6.61 Å². The van der Waals surface area contributed by atoms with Crippen molar-refractivity contribution in [3.05, 3.63) is 12.7 Å². The Morgan fingerprint density at radius 3 is 2.21 bits per heavy atom. The lowest BCUT2D eigenvalue weighted by molar-refractivity contribution is -0.125. The Kier molecular flexibility index (Phi) is 8.59. The van der Waals surface area contributed by atoms with Crippen molar-refractivity contribution in [3.8, 4) is 0 Å². The van der Waals surface area contributed by atoms with Gasteiger partial charge in [-0.2, -0.15) is 0 Å². The maximum atomic E-state index is 10.7. The lowest BCUT2D eigenvalue weighted by Gasteiger charge is -2.28. The molecular weight excluding hydrogens is 283 g/mol. The highest BCUT2D eigenvalue weighted by molar-refractivity contribution is 7.46. The number of phosphoric acid groups is 1. The molecule has 0 aliphatic heterocycles. The van der Waals surface area contributed by atoms with Crippen LogP contribution < -0.4 is 0 Å². The van der Waals surface area contributed by atoms with Crippen LogP contribution in [0.5, 0.6) is 0 Å². The molecule has 0 amide bonds. The van der Waals surface area contributed by atoms with E-state index in [1.807, 2.05) is 0 Å². The molecule has 0 radical (unpaired) electrons. The van der Waals surface area contributed by atoms with E-state index in [9.17, 15) is 14.8 Å². The molecule has 0 saturated carbocycles. The Bertz CT molecular complexity index is 304. The van der Waals surface area contributed by atoms with Crippen LogP contribution in [0.2, 0.25) is 0 Å². The molecule has 0 saturated heterocycles. The molecule has 0 bridgehead atoms. The molecule has 0 heterocycles. The van der Waals surface area contributed by atoms with Crippen molar-refractivity contribution >= 4 is 7.82 Å². The summed E-state index contributed by atoms with van der Waals surface area (Å²) in [5, 5.41) is 36.9. The van der Waals surface area contributed by atoms with Gasteiger partial charge in [0.2, 0.25) is 0 Å². The first kappa shape index (κ1) is 18.7. The summed E-state index contributed by atoms with van der Waals surface area (Å²) in [5.41, 5.74) is 0. The first-order chi connectivity index (χ1) is 8.72. The zero-order chi connectivity index (χ0) is 15.1. The van der Waals surface area contributed by atoms with Crippen molar-refractivity contribution in [2.45, 2.75) is 24.4 Å². The second-order valence-electron chi connectivity index (χ2n) is 3.69. The van der Waals surface area contributed by atoms with E-state index in [1.165, 1.54) is 6.08 Å². The molecular formula is C9H19O9P. The molecule has 10 heteroatoms. The highest BCUT2D eigenvalue weighted by Gasteiger charge is 2.35. The number of hydrogen-bond acceptors (Lipinski definition) is 7. The average Bonchev–Trinajstić information content (AvgIpc) is 2.33. The lowest BCUT2D eigenvalue weighted by atomic mass is 10.0. The van der Waals surface area contributed by atoms with Gasteiger partial charge >= 0.3 is 7.82 Å². The van der Waals surface area contributed by atoms with E-state index in [4.69, 9.17) is 24.7 Å². The molecule has 0 aliphatic rings. The van der Waals surface area contributed by atoms with Gasteiger partial charge in [-0.15, -0.1) is 6.58 Å². The third kappa shape index (κ3) is 7.73. The SMILES string of the molecule is C=CCOCC(OP(=O)(O)O)C(O)C(O)C(O)CO. The smallest absolute Gasteiger partial charge is 0.394 e. The number of aliphatic hydroxyl groups is 4. The molecule has 0 aromatic carbocycles. The van der Waals surface area contributed by atoms with Crippen LogP contribution in [0.4, 0.5) is 0 Å². The van der Waals surface area contributed by atoms with E-state index in [0.717, 1.165) is 0 Å². The van der Waals surface area contributed by atoms with Crippen molar-refractivity contribution in [1.29, 1.82) is 0 Å². The van der Waals surface area contributed by atoms with E-state index >= 15 is 0 Å². The Morgan fingerprint density at radius 1 is 1.21 bits per heavy atom. The highest BCUT2D eigenvalue weighted by atomic mass is 31.2. The van der Waals surface area contributed by atoms with Crippen LogP contribution in [0.3, 0.4) is 0 Å². The summed E-state index contributed by atoms with van der Waals surface area (Å²) < 4.78 is 19.9. The Balaban J connectivity index is 4.69. The van der Waals surface area contributed by atoms with Crippen molar-refractivity contribution in [3.63, 3.8) is 0 Å². The molecule has 9 nitrogen and oxygen atoms in total. The van der Waals surface area contributed by atoms with Crippen LogP contribution >= 0.6 is 7.82 Å². The molecule has 0 rings (SSSR count). The molecule has 4 unspecified atom stereocenters. The number of phosphoric ester groups is 1. The van der Waals surface area contributed by atoms with Crippen molar-refractivity contribution in [2.24, 2.45) is 0 Å². The van der Waals surface area contributed by atoms with Gasteiger partial charge in [-0.1, -0.05) is 6.08 Å². The van der Waals surface area contributed by atoms with Gasteiger partial charge in [0.25, 0.3) is 0 Å². The van der Waals surface area contributed by atoms with Gasteiger partial charge < -0.3 is 34.9 Å². The first-order valence-corrected chi connectivity index (χ1v) is 6.83. The Hall–Kier alpha value is -0.350. The van der Waals surface area contributed by atoms with Gasteiger partial charge in [0.05, 0.1) is 19.8 Å². The molecule has 4 atom stereocenters. The summed E-state index contributed by atoms with van der Waals surface area (Å²) >= 11 is 0. The van der Waals surface area contributed by atoms with Crippen LogP contribution in [0.25, 0.3) is 0 Å². The maximum Gasteiger partial charge on any atom is 0.470 e. The second kappa shape index (κ2) is 8.75. The monoisotopic (exact) mass is 302 g/mol. The average molecular weight is 302 g/mol.